The molecular formula is C8H13N3O2. The van der Waals surface area contributed by atoms with Gasteiger partial charge in [-0.1, -0.05) is 0 Å². The van der Waals surface area contributed by atoms with Crippen molar-refractivity contribution in [3.8, 4) is 0 Å². The third-order valence-corrected chi connectivity index (χ3v) is 2.73. The van der Waals surface area contributed by atoms with Gasteiger partial charge in [0.1, 0.15) is 5.54 Å². The fraction of sp³-hybridized carbons (Fsp3) is 0.750. The van der Waals surface area contributed by atoms with Gasteiger partial charge in [0.15, 0.2) is 0 Å². The minimum absolute atomic E-state index is 0.162. The van der Waals surface area contributed by atoms with Crippen LogP contribution in [0.15, 0.2) is 0 Å². The highest BCUT2D eigenvalue weighted by Crippen LogP contribution is 2.19. The Morgan fingerprint density at radius 2 is 1.85 bits per heavy atom. The van der Waals surface area contributed by atoms with E-state index in [-0.39, 0.29) is 18.4 Å². The highest BCUT2D eigenvalue weighted by molar-refractivity contribution is 6.03. The summed E-state index contributed by atoms with van der Waals surface area (Å²) in [4.78, 5) is 22.4. The van der Waals surface area contributed by atoms with E-state index in [0.29, 0.717) is 0 Å². The van der Waals surface area contributed by atoms with Crippen molar-refractivity contribution in [1.29, 1.82) is 0 Å². The average Bonchev–Trinajstić information content (AvgIpc) is 2.14. The van der Waals surface area contributed by atoms with Crippen LogP contribution in [0.2, 0.25) is 0 Å². The Labute approximate surface area is 76.3 Å². The first-order valence-electron chi connectivity index (χ1n) is 4.53. The van der Waals surface area contributed by atoms with Crippen LogP contribution >= 0.6 is 0 Å². The molecule has 0 aromatic carbocycles. The van der Waals surface area contributed by atoms with E-state index in [1.54, 1.807) is 0 Å². The summed E-state index contributed by atoms with van der Waals surface area (Å²) in [5.74, 6) is -0.389. The number of piperidine rings is 1. The van der Waals surface area contributed by atoms with Gasteiger partial charge in [-0.2, -0.15) is 0 Å². The minimum Gasteiger partial charge on any atom is -0.317 e. The van der Waals surface area contributed by atoms with Crippen LogP contribution in [-0.4, -0.2) is 37.0 Å². The van der Waals surface area contributed by atoms with Gasteiger partial charge in [0, 0.05) is 0 Å². The fourth-order valence-corrected chi connectivity index (χ4v) is 1.88. The summed E-state index contributed by atoms with van der Waals surface area (Å²) in [6.45, 7) is 1.91. The molecule has 0 unspecified atom stereocenters. The van der Waals surface area contributed by atoms with E-state index in [1.807, 2.05) is 0 Å². The van der Waals surface area contributed by atoms with Gasteiger partial charge < -0.3 is 5.32 Å². The number of imide groups is 1. The van der Waals surface area contributed by atoms with Crippen molar-refractivity contribution >= 4 is 11.8 Å². The fourth-order valence-electron chi connectivity index (χ4n) is 1.88. The molecule has 5 nitrogen and oxygen atoms in total. The smallest absolute Gasteiger partial charge is 0.247 e. The van der Waals surface area contributed by atoms with Crippen LogP contribution in [0.1, 0.15) is 12.8 Å². The Balaban J connectivity index is 2.12. The van der Waals surface area contributed by atoms with Crippen LogP contribution in [0.5, 0.6) is 0 Å². The molecule has 1 spiro atoms. The van der Waals surface area contributed by atoms with Crippen molar-refractivity contribution in [2.45, 2.75) is 18.4 Å². The monoisotopic (exact) mass is 183 g/mol. The maximum Gasteiger partial charge on any atom is 0.247 e. The molecule has 0 aromatic rings. The highest BCUT2D eigenvalue weighted by Gasteiger charge is 2.42. The minimum atomic E-state index is -0.487. The zero-order valence-corrected chi connectivity index (χ0v) is 7.35. The lowest BCUT2D eigenvalue weighted by molar-refractivity contribution is -0.139. The summed E-state index contributed by atoms with van der Waals surface area (Å²) < 4.78 is 0. The van der Waals surface area contributed by atoms with Gasteiger partial charge in [0.05, 0.1) is 6.54 Å². The summed E-state index contributed by atoms with van der Waals surface area (Å²) in [5, 5.41) is 8.59. The summed E-state index contributed by atoms with van der Waals surface area (Å²) in [7, 11) is 0. The topological polar surface area (TPSA) is 70.2 Å². The quantitative estimate of drug-likeness (QED) is 0.394. The molecule has 2 aliphatic rings. The van der Waals surface area contributed by atoms with Crippen molar-refractivity contribution < 1.29 is 9.59 Å². The van der Waals surface area contributed by atoms with Crippen LogP contribution in [0.25, 0.3) is 0 Å². The molecule has 2 rings (SSSR count). The lowest BCUT2D eigenvalue weighted by atomic mass is 9.86. The third-order valence-electron chi connectivity index (χ3n) is 2.73. The zero-order chi connectivity index (χ0) is 9.31. The molecule has 72 valence electrons. The van der Waals surface area contributed by atoms with E-state index in [9.17, 15) is 9.59 Å². The molecule has 5 heteroatoms. The van der Waals surface area contributed by atoms with Gasteiger partial charge in [-0.3, -0.25) is 20.2 Å². The number of carbonyl (C=O) groups excluding carboxylic acids is 2. The molecule has 0 aliphatic carbocycles. The number of nitrogens with one attached hydrogen (secondary N) is 3. The number of rotatable bonds is 0. The second kappa shape index (κ2) is 3.08. The van der Waals surface area contributed by atoms with Crippen molar-refractivity contribution in [2.24, 2.45) is 0 Å². The Kier molecular flexibility index (Phi) is 2.05. The summed E-state index contributed by atoms with van der Waals surface area (Å²) in [6, 6.07) is 0. The van der Waals surface area contributed by atoms with E-state index >= 15 is 0 Å². The van der Waals surface area contributed by atoms with E-state index < -0.39 is 5.54 Å². The second-order valence-corrected chi connectivity index (χ2v) is 3.56. The second-order valence-electron chi connectivity index (χ2n) is 3.56. The third kappa shape index (κ3) is 1.45. The Morgan fingerprint density at radius 1 is 1.15 bits per heavy atom. The van der Waals surface area contributed by atoms with Crippen LogP contribution in [-0.2, 0) is 9.59 Å². The number of piperazine rings is 1. The summed E-state index contributed by atoms with van der Waals surface area (Å²) >= 11 is 0. The largest absolute Gasteiger partial charge is 0.317 e. The van der Waals surface area contributed by atoms with Gasteiger partial charge in [0.2, 0.25) is 11.8 Å². The zero-order valence-electron chi connectivity index (χ0n) is 7.35. The normalized spacial score (nSPS) is 27.4. The molecule has 13 heavy (non-hydrogen) atoms. The first-order valence-corrected chi connectivity index (χ1v) is 4.53. The highest BCUT2D eigenvalue weighted by atomic mass is 16.2. The predicted octanol–water partition coefficient (Wildman–Crippen LogP) is -1.65. The molecule has 0 radical (unpaired) electrons. The van der Waals surface area contributed by atoms with Crippen molar-refractivity contribution in [3.05, 3.63) is 0 Å². The predicted molar refractivity (Wildman–Crippen MR) is 46.0 cm³/mol. The molecule has 0 aromatic heterocycles. The molecule has 0 bridgehead atoms. The summed E-state index contributed by atoms with van der Waals surface area (Å²) in [5.41, 5.74) is -0.487. The van der Waals surface area contributed by atoms with Gasteiger partial charge in [-0.25, -0.2) is 0 Å². The van der Waals surface area contributed by atoms with Gasteiger partial charge in [0.25, 0.3) is 0 Å². The first-order chi connectivity index (χ1) is 6.23. The Bertz CT molecular complexity index is 246. The number of hydrogen-bond donors (Lipinski definition) is 3. The van der Waals surface area contributed by atoms with E-state index in [0.717, 1.165) is 25.9 Å². The van der Waals surface area contributed by atoms with Crippen LogP contribution in [0, 0.1) is 0 Å². The average molecular weight is 183 g/mol. The molecule has 2 aliphatic heterocycles. The van der Waals surface area contributed by atoms with Crippen LogP contribution in [0.4, 0.5) is 0 Å². The SMILES string of the molecule is O=C1CNC2(CCNCC2)C(=O)N1. The van der Waals surface area contributed by atoms with Crippen LogP contribution in [0.3, 0.4) is 0 Å². The maximum absolute atomic E-state index is 11.6. The maximum atomic E-state index is 11.6. The van der Waals surface area contributed by atoms with Crippen LogP contribution < -0.4 is 16.0 Å². The van der Waals surface area contributed by atoms with Crippen molar-refractivity contribution in [1.82, 2.24) is 16.0 Å². The molecular weight excluding hydrogens is 170 g/mol. The molecule has 3 N–H and O–H groups in total. The van der Waals surface area contributed by atoms with Crippen molar-refractivity contribution in [3.63, 3.8) is 0 Å². The Hall–Kier alpha value is -0.940. The Morgan fingerprint density at radius 3 is 2.46 bits per heavy atom. The van der Waals surface area contributed by atoms with Gasteiger partial charge >= 0.3 is 0 Å². The van der Waals surface area contributed by atoms with E-state index in [1.165, 1.54) is 0 Å². The number of hydrogen-bond acceptors (Lipinski definition) is 4. The first kappa shape index (κ1) is 8.65. The van der Waals surface area contributed by atoms with E-state index in [2.05, 4.69) is 16.0 Å². The molecule has 2 heterocycles. The number of amides is 2. The number of carbonyl (C=O) groups is 2. The lowest BCUT2D eigenvalue weighted by Gasteiger charge is -2.39. The lowest BCUT2D eigenvalue weighted by Crippen LogP contribution is -2.68. The molecule has 2 fully saturated rings. The van der Waals surface area contributed by atoms with Gasteiger partial charge in [-0.15, -0.1) is 0 Å². The van der Waals surface area contributed by atoms with E-state index in [4.69, 9.17) is 0 Å². The molecule has 0 saturated carbocycles. The molecule has 2 saturated heterocycles. The van der Waals surface area contributed by atoms with Gasteiger partial charge in [-0.05, 0) is 25.9 Å². The summed E-state index contributed by atoms with van der Waals surface area (Å²) in [6.07, 6.45) is 1.51. The molecule has 0 atom stereocenters. The standard InChI is InChI=1S/C8H13N3O2/c12-6-5-10-8(7(13)11-6)1-3-9-4-2-8/h9-10H,1-5H2,(H,11,12,13). The van der Waals surface area contributed by atoms with Crippen molar-refractivity contribution in [2.75, 3.05) is 19.6 Å². The molecule has 2 amide bonds.